The van der Waals surface area contributed by atoms with Crippen molar-refractivity contribution in [1.82, 2.24) is 10.6 Å². The summed E-state index contributed by atoms with van der Waals surface area (Å²) in [5, 5.41) is 13.6. The molecular weight excluding hydrogens is 427 g/mol. The van der Waals surface area contributed by atoms with Crippen LogP contribution in [0.4, 0.5) is 0 Å². The Kier molecular flexibility index (Phi) is 9.77. The molecule has 1 rings (SSSR count). The molecule has 0 bridgehead atoms. The third-order valence-electron chi connectivity index (χ3n) is 4.02. The lowest BCUT2D eigenvalue weighted by atomic mass is 9.87. The molecule has 0 aromatic heterocycles. The second kappa shape index (κ2) is 11.1. The molecule has 2 unspecified atom stereocenters. The van der Waals surface area contributed by atoms with Gasteiger partial charge in [-0.15, -0.1) is 0 Å². The van der Waals surface area contributed by atoms with E-state index >= 15 is 0 Å². The fraction of sp³-hybridized carbons (Fsp3) is 0.750. The lowest BCUT2D eigenvalue weighted by molar-refractivity contribution is -0.142. The summed E-state index contributed by atoms with van der Waals surface area (Å²) in [6.45, 7) is 4.84. The molecule has 29 heavy (non-hydrogen) atoms. The third kappa shape index (κ3) is 9.26. The lowest BCUT2D eigenvalue weighted by Crippen LogP contribution is -2.49. The van der Waals surface area contributed by atoms with E-state index in [1.165, 1.54) is 6.92 Å². The van der Waals surface area contributed by atoms with Gasteiger partial charge in [-0.05, 0) is 0 Å². The number of thioether (sulfide) groups is 1. The van der Waals surface area contributed by atoms with Gasteiger partial charge in [0.15, 0.2) is 11.2 Å². The third-order valence-corrected chi connectivity index (χ3v) is 5.85. The van der Waals surface area contributed by atoms with Crippen LogP contribution < -0.4 is 10.6 Å². The summed E-state index contributed by atoms with van der Waals surface area (Å²) >= 11 is 0.946. The highest BCUT2D eigenvalue weighted by molar-refractivity contribution is 8.13. The van der Waals surface area contributed by atoms with E-state index in [1.807, 2.05) is 0 Å². The number of hydrogen-bond acceptors (Lipinski definition) is 8. The first kappa shape index (κ1) is 25.6. The smallest absolute Gasteiger partial charge is 0.472 e. The average Bonchev–Trinajstić information content (AvgIpc) is 2.60. The predicted octanol–water partition coefficient (Wildman–Crippen LogP) is 0.522. The summed E-state index contributed by atoms with van der Waals surface area (Å²) in [4.78, 5) is 55.6. The van der Waals surface area contributed by atoms with E-state index in [0.29, 0.717) is 5.75 Å². The van der Waals surface area contributed by atoms with Crippen LogP contribution in [-0.2, 0) is 32.8 Å². The number of phosphoric acid groups is 1. The van der Waals surface area contributed by atoms with E-state index < -0.39 is 37.1 Å². The summed E-state index contributed by atoms with van der Waals surface area (Å²) in [6, 6.07) is 0. The molecule has 166 valence electrons. The highest BCUT2D eigenvalue weighted by Crippen LogP contribution is 2.52. The first-order valence-electron chi connectivity index (χ1n) is 8.92. The maximum atomic E-state index is 12.2. The fourth-order valence-corrected chi connectivity index (χ4v) is 4.27. The largest absolute Gasteiger partial charge is 0.481 e. The van der Waals surface area contributed by atoms with Gasteiger partial charge in [0, 0.05) is 37.1 Å². The summed E-state index contributed by atoms with van der Waals surface area (Å²) in [7, 11) is -4.27. The molecule has 1 heterocycles. The number of carboxylic acid groups (broad SMARTS) is 1. The first-order chi connectivity index (χ1) is 13.3. The summed E-state index contributed by atoms with van der Waals surface area (Å²) in [5.41, 5.74) is -0.815. The molecule has 1 fully saturated rings. The number of rotatable bonds is 10. The Morgan fingerprint density at radius 3 is 2.52 bits per heavy atom. The Bertz CT molecular complexity index is 685. The molecular formula is C16H27N2O9PS. The number of nitrogens with one attached hydrogen (secondary N) is 2. The number of carbonyl (C=O) groups is 4. The second-order valence-electron chi connectivity index (χ2n) is 7.27. The van der Waals surface area contributed by atoms with Crippen LogP contribution in [0.1, 0.15) is 33.6 Å². The minimum atomic E-state index is -4.27. The van der Waals surface area contributed by atoms with Crippen molar-refractivity contribution in [2.24, 2.45) is 11.3 Å². The van der Waals surface area contributed by atoms with E-state index in [0.717, 1.165) is 11.8 Å². The minimum absolute atomic E-state index is 0.000602. The van der Waals surface area contributed by atoms with E-state index in [-0.39, 0.29) is 43.6 Å². The minimum Gasteiger partial charge on any atom is -0.481 e. The standard InChI is InChI=1S/C16H27N2O9PS/c1-10(15(22)23)8-12(20)29-7-6-17-11(19)4-5-18-14(21)13-16(2,3)9-26-28(24,25)27-13/h10,13H,4-9H2,1-3H3,(H,17,19)(H,18,21)(H,22,23)(H,24,25)/t10?,13-/m0/s1. The van der Waals surface area contributed by atoms with Crippen molar-refractivity contribution < 1.29 is 42.8 Å². The van der Waals surface area contributed by atoms with Gasteiger partial charge in [0.2, 0.25) is 11.8 Å². The number of carbonyl (C=O) groups excluding carboxylic acids is 3. The molecule has 13 heteroatoms. The van der Waals surface area contributed by atoms with Crippen molar-refractivity contribution in [3.8, 4) is 0 Å². The van der Waals surface area contributed by atoms with E-state index in [4.69, 9.17) is 14.2 Å². The van der Waals surface area contributed by atoms with Gasteiger partial charge in [-0.2, -0.15) is 0 Å². The zero-order chi connectivity index (χ0) is 22.2. The fourth-order valence-electron chi connectivity index (χ4n) is 2.26. The lowest BCUT2D eigenvalue weighted by Gasteiger charge is -2.38. The summed E-state index contributed by atoms with van der Waals surface area (Å²) in [5.74, 6) is -2.45. The Hall–Kier alpha value is -1.46. The highest BCUT2D eigenvalue weighted by Gasteiger charge is 2.47. The Balaban J connectivity index is 2.25. The van der Waals surface area contributed by atoms with E-state index in [9.17, 15) is 28.6 Å². The molecule has 0 aromatic rings. The summed E-state index contributed by atoms with van der Waals surface area (Å²) in [6.07, 6.45) is -1.29. The van der Waals surface area contributed by atoms with Gasteiger partial charge < -0.3 is 20.6 Å². The van der Waals surface area contributed by atoms with Gasteiger partial charge in [0.1, 0.15) is 0 Å². The molecule has 1 saturated heterocycles. The van der Waals surface area contributed by atoms with Gasteiger partial charge >= 0.3 is 13.8 Å². The molecule has 0 saturated carbocycles. The molecule has 0 spiro atoms. The predicted molar refractivity (Wildman–Crippen MR) is 104 cm³/mol. The van der Waals surface area contributed by atoms with Crippen LogP contribution in [0.2, 0.25) is 0 Å². The maximum absolute atomic E-state index is 12.2. The van der Waals surface area contributed by atoms with Crippen LogP contribution in [0.5, 0.6) is 0 Å². The van der Waals surface area contributed by atoms with Crippen LogP contribution in [0.3, 0.4) is 0 Å². The van der Waals surface area contributed by atoms with Crippen molar-refractivity contribution in [2.45, 2.75) is 39.7 Å². The molecule has 1 aliphatic rings. The second-order valence-corrected chi connectivity index (χ2v) is 9.83. The van der Waals surface area contributed by atoms with Crippen molar-refractivity contribution >= 4 is 42.5 Å². The molecule has 4 N–H and O–H groups in total. The highest BCUT2D eigenvalue weighted by atomic mass is 32.2. The molecule has 0 radical (unpaired) electrons. The van der Waals surface area contributed by atoms with E-state index in [2.05, 4.69) is 10.6 Å². The van der Waals surface area contributed by atoms with Crippen LogP contribution in [0, 0.1) is 11.3 Å². The van der Waals surface area contributed by atoms with Crippen LogP contribution in [-0.4, -0.2) is 64.5 Å². The topological polar surface area (TPSA) is 168 Å². The number of aliphatic carboxylic acids is 1. The number of phosphoric ester groups is 1. The van der Waals surface area contributed by atoms with Crippen LogP contribution in [0.15, 0.2) is 0 Å². The van der Waals surface area contributed by atoms with Crippen molar-refractivity contribution in [1.29, 1.82) is 0 Å². The Morgan fingerprint density at radius 2 is 1.90 bits per heavy atom. The number of carboxylic acids is 1. The quantitative estimate of drug-likeness (QED) is 0.270. The Morgan fingerprint density at radius 1 is 1.24 bits per heavy atom. The zero-order valence-corrected chi connectivity index (χ0v) is 18.2. The number of amides is 2. The van der Waals surface area contributed by atoms with Gasteiger partial charge in [0.05, 0.1) is 12.5 Å². The SMILES string of the molecule is CC(CC(=O)SCCNC(=O)CCNC(=O)[C@@H]1OP(=O)(O)OCC1(C)C)C(=O)O. The monoisotopic (exact) mass is 454 g/mol. The van der Waals surface area contributed by atoms with Gasteiger partial charge in [0.25, 0.3) is 0 Å². The normalized spacial score (nSPS) is 24.3. The molecule has 0 aromatic carbocycles. The molecule has 11 nitrogen and oxygen atoms in total. The zero-order valence-electron chi connectivity index (χ0n) is 16.5. The van der Waals surface area contributed by atoms with Crippen molar-refractivity contribution in [2.75, 3.05) is 25.4 Å². The summed E-state index contributed by atoms with van der Waals surface area (Å²) < 4.78 is 21.1. The van der Waals surface area contributed by atoms with Gasteiger partial charge in [-0.1, -0.05) is 32.5 Å². The van der Waals surface area contributed by atoms with Crippen molar-refractivity contribution in [3.05, 3.63) is 0 Å². The molecule has 0 aliphatic carbocycles. The van der Waals surface area contributed by atoms with Gasteiger partial charge in [-0.3, -0.25) is 28.2 Å². The maximum Gasteiger partial charge on any atom is 0.472 e. The first-order valence-corrected chi connectivity index (χ1v) is 11.4. The average molecular weight is 454 g/mol. The van der Waals surface area contributed by atoms with E-state index in [1.54, 1.807) is 13.8 Å². The molecule has 1 aliphatic heterocycles. The van der Waals surface area contributed by atoms with Gasteiger partial charge in [-0.25, -0.2) is 4.57 Å². The Labute approximate surface area is 172 Å². The molecule has 3 atom stereocenters. The number of hydrogen-bond donors (Lipinski definition) is 4. The van der Waals surface area contributed by atoms with Crippen molar-refractivity contribution in [3.63, 3.8) is 0 Å². The van der Waals surface area contributed by atoms with Crippen LogP contribution >= 0.6 is 19.6 Å². The van der Waals surface area contributed by atoms with Crippen LogP contribution in [0.25, 0.3) is 0 Å². The molecule has 2 amide bonds.